The predicted molar refractivity (Wildman–Crippen MR) is 122 cm³/mol. The minimum Gasteiger partial charge on any atom is -0.342 e. The van der Waals surface area contributed by atoms with Gasteiger partial charge in [0.2, 0.25) is 5.95 Å². The number of fused-ring (bicyclic) bond motifs is 1. The van der Waals surface area contributed by atoms with Crippen molar-refractivity contribution in [3.05, 3.63) is 41.0 Å². The highest BCUT2D eigenvalue weighted by atomic mass is 35.5. The van der Waals surface area contributed by atoms with E-state index >= 15 is 0 Å². The molecule has 2 aliphatic rings. The van der Waals surface area contributed by atoms with Crippen molar-refractivity contribution in [1.82, 2.24) is 19.4 Å². The van der Waals surface area contributed by atoms with Gasteiger partial charge in [-0.15, -0.1) is 0 Å². The van der Waals surface area contributed by atoms with Crippen molar-refractivity contribution in [3.8, 4) is 0 Å². The first kappa shape index (κ1) is 20.4. The highest BCUT2D eigenvalue weighted by molar-refractivity contribution is 7.99. The lowest BCUT2D eigenvalue weighted by Gasteiger charge is -2.42. The summed E-state index contributed by atoms with van der Waals surface area (Å²) in [6.07, 6.45) is 12.0. The molecule has 5 rings (SSSR count). The highest BCUT2D eigenvalue weighted by Gasteiger charge is 2.45. The minimum atomic E-state index is 0.298. The van der Waals surface area contributed by atoms with Crippen LogP contribution in [0.4, 0.5) is 5.95 Å². The van der Waals surface area contributed by atoms with Gasteiger partial charge in [0.05, 0.1) is 9.92 Å². The Balaban J connectivity index is 1.40. The molecule has 0 radical (unpaired) electrons. The molecular formula is C21H24Cl2N6S. The van der Waals surface area contributed by atoms with Gasteiger partial charge in [-0.3, -0.25) is 4.40 Å². The van der Waals surface area contributed by atoms with Gasteiger partial charge in [0.25, 0.3) is 0 Å². The summed E-state index contributed by atoms with van der Waals surface area (Å²) >= 11 is 13.9. The van der Waals surface area contributed by atoms with E-state index in [1.165, 1.54) is 18.2 Å². The van der Waals surface area contributed by atoms with Gasteiger partial charge in [-0.25, -0.2) is 15.0 Å². The molecule has 2 fully saturated rings. The molecule has 1 saturated heterocycles. The van der Waals surface area contributed by atoms with Crippen LogP contribution in [0.3, 0.4) is 0 Å². The predicted octanol–water partition coefficient (Wildman–Crippen LogP) is 4.93. The van der Waals surface area contributed by atoms with Crippen LogP contribution >= 0.6 is 35.0 Å². The topological polar surface area (TPSA) is 72.3 Å². The molecule has 0 amide bonds. The molecule has 158 valence electrons. The van der Waals surface area contributed by atoms with E-state index in [2.05, 4.69) is 26.2 Å². The van der Waals surface area contributed by atoms with Gasteiger partial charge in [0.1, 0.15) is 5.15 Å². The molecule has 9 heteroatoms. The van der Waals surface area contributed by atoms with Crippen LogP contribution in [-0.4, -0.2) is 38.5 Å². The normalized spacial score (nSPS) is 23.5. The smallest absolute Gasteiger partial charge is 0.211 e. The molecule has 1 aliphatic heterocycles. The number of anilines is 1. The highest BCUT2D eigenvalue weighted by Crippen LogP contribution is 2.48. The van der Waals surface area contributed by atoms with E-state index in [-0.39, 0.29) is 0 Å². The number of hydrogen-bond donors (Lipinski definition) is 1. The summed E-state index contributed by atoms with van der Waals surface area (Å²) in [6.45, 7) is 4.27. The number of imidazole rings is 1. The van der Waals surface area contributed by atoms with Crippen LogP contribution in [0.5, 0.6) is 0 Å². The van der Waals surface area contributed by atoms with E-state index in [0.717, 1.165) is 59.7 Å². The van der Waals surface area contributed by atoms with E-state index in [1.54, 1.807) is 6.20 Å². The maximum Gasteiger partial charge on any atom is 0.211 e. The lowest BCUT2D eigenvalue weighted by molar-refractivity contribution is 0.192. The second-order valence-electron chi connectivity index (χ2n) is 8.56. The zero-order chi connectivity index (χ0) is 20.9. The summed E-state index contributed by atoms with van der Waals surface area (Å²) < 4.78 is 2.06. The molecule has 1 aliphatic carbocycles. The van der Waals surface area contributed by atoms with E-state index in [1.807, 2.05) is 24.7 Å². The molecule has 1 saturated carbocycles. The third-order valence-corrected chi connectivity index (χ3v) is 8.59. The van der Waals surface area contributed by atoms with Gasteiger partial charge < -0.3 is 10.6 Å². The van der Waals surface area contributed by atoms with Crippen molar-refractivity contribution in [2.75, 3.05) is 18.0 Å². The first-order chi connectivity index (χ1) is 14.5. The molecule has 1 unspecified atom stereocenters. The molecule has 3 aromatic heterocycles. The summed E-state index contributed by atoms with van der Waals surface area (Å²) in [5, 5.41) is 0.744. The Morgan fingerprint density at radius 3 is 2.67 bits per heavy atom. The molecule has 30 heavy (non-hydrogen) atoms. The maximum atomic E-state index is 6.53. The van der Waals surface area contributed by atoms with Crippen LogP contribution in [-0.2, 0) is 0 Å². The Morgan fingerprint density at radius 1 is 1.13 bits per heavy atom. The lowest BCUT2D eigenvalue weighted by Crippen LogP contribution is -2.47. The molecule has 0 bridgehead atoms. The van der Waals surface area contributed by atoms with Gasteiger partial charge in [-0.05, 0) is 43.1 Å². The number of aromatic nitrogens is 4. The molecule has 6 nitrogen and oxygen atoms in total. The van der Waals surface area contributed by atoms with Gasteiger partial charge in [0, 0.05) is 48.8 Å². The van der Waals surface area contributed by atoms with E-state index in [4.69, 9.17) is 33.9 Å². The molecule has 4 heterocycles. The zero-order valence-corrected chi connectivity index (χ0v) is 19.1. The molecule has 2 N–H and O–H groups in total. The number of nitrogens with two attached hydrogens (primary N) is 1. The molecular weight excluding hydrogens is 439 g/mol. The molecule has 2 atom stereocenters. The Hall–Kier alpha value is -1.54. The summed E-state index contributed by atoms with van der Waals surface area (Å²) in [6, 6.07) is 2.17. The second-order valence-corrected chi connectivity index (χ2v) is 10.4. The van der Waals surface area contributed by atoms with Crippen molar-refractivity contribution in [3.63, 3.8) is 0 Å². The van der Waals surface area contributed by atoms with E-state index in [0.29, 0.717) is 21.6 Å². The fourth-order valence-electron chi connectivity index (χ4n) is 5.13. The number of pyridine rings is 1. The first-order valence-electron chi connectivity index (χ1n) is 10.3. The fourth-order valence-corrected chi connectivity index (χ4v) is 6.47. The molecule has 0 aromatic carbocycles. The molecule has 1 spiro atoms. The average Bonchev–Trinajstić information content (AvgIpc) is 3.32. The number of halogens is 2. The third-order valence-electron chi connectivity index (χ3n) is 6.64. The van der Waals surface area contributed by atoms with E-state index in [9.17, 15) is 0 Å². The summed E-state index contributed by atoms with van der Waals surface area (Å²) in [7, 11) is 0. The summed E-state index contributed by atoms with van der Waals surface area (Å²) in [5.74, 6) is 1.66. The molecule has 3 aromatic rings. The Kier molecular flexibility index (Phi) is 5.34. The number of rotatable bonds is 3. The monoisotopic (exact) mass is 462 g/mol. The van der Waals surface area contributed by atoms with Gasteiger partial charge in [-0.1, -0.05) is 41.9 Å². The average molecular weight is 463 g/mol. The van der Waals surface area contributed by atoms with Gasteiger partial charge in [-0.2, -0.15) is 0 Å². The standard InChI is InChI=1S/C21H24Cl2N6S/c1-13-10-16(24)21(11-13)3-7-28(8-4-21)20-27-12-15(19-26-6-9-29(19)20)30-14-2-5-25-18(23)17(14)22/h2,5-6,9,12-13,16H,3-4,7-8,10-11,24H2,1H3/t13?,16-/m1/s1. The second kappa shape index (κ2) is 7.86. The zero-order valence-electron chi connectivity index (χ0n) is 16.8. The number of piperidine rings is 1. The Labute approximate surface area is 190 Å². The van der Waals surface area contributed by atoms with Crippen LogP contribution in [0.15, 0.2) is 40.6 Å². The van der Waals surface area contributed by atoms with Crippen molar-refractivity contribution >= 4 is 46.6 Å². The van der Waals surface area contributed by atoms with Crippen molar-refractivity contribution in [2.24, 2.45) is 17.1 Å². The number of hydrogen-bond acceptors (Lipinski definition) is 6. The van der Waals surface area contributed by atoms with Crippen LogP contribution in [0.1, 0.15) is 32.6 Å². The lowest BCUT2D eigenvalue weighted by atomic mass is 9.74. The van der Waals surface area contributed by atoms with Gasteiger partial charge in [0.15, 0.2) is 5.65 Å². The summed E-state index contributed by atoms with van der Waals surface area (Å²) in [4.78, 5) is 17.5. The number of nitrogens with zero attached hydrogens (tertiary/aromatic N) is 5. The van der Waals surface area contributed by atoms with Crippen LogP contribution in [0.2, 0.25) is 10.2 Å². The van der Waals surface area contributed by atoms with Crippen LogP contribution in [0.25, 0.3) is 5.65 Å². The maximum absolute atomic E-state index is 6.53. The quantitative estimate of drug-likeness (QED) is 0.556. The fraction of sp³-hybridized carbons (Fsp3) is 0.476. The largest absolute Gasteiger partial charge is 0.342 e. The van der Waals surface area contributed by atoms with E-state index < -0.39 is 0 Å². The van der Waals surface area contributed by atoms with Crippen LogP contribution in [0, 0.1) is 11.3 Å². The SMILES string of the molecule is CC1C[C@@H](N)C2(CCN(c3ncc(Sc4ccnc(Cl)c4Cl)c4nccn34)CC2)C1. The third kappa shape index (κ3) is 3.45. The van der Waals surface area contributed by atoms with Crippen molar-refractivity contribution < 1.29 is 0 Å². The van der Waals surface area contributed by atoms with Crippen molar-refractivity contribution in [2.45, 2.75) is 48.4 Å². The Morgan fingerprint density at radius 2 is 1.93 bits per heavy atom. The Bertz CT molecular complexity index is 1080. The van der Waals surface area contributed by atoms with Crippen molar-refractivity contribution in [1.29, 1.82) is 0 Å². The van der Waals surface area contributed by atoms with Crippen LogP contribution < -0.4 is 10.6 Å². The minimum absolute atomic E-state index is 0.298. The summed E-state index contributed by atoms with van der Waals surface area (Å²) in [5.41, 5.74) is 7.70. The first-order valence-corrected chi connectivity index (χ1v) is 11.8. The van der Waals surface area contributed by atoms with Gasteiger partial charge >= 0.3 is 0 Å².